The summed E-state index contributed by atoms with van der Waals surface area (Å²) in [5.74, 6) is 3.01. The summed E-state index contributed by atoms with van der Waals surface area (Å²) in [6.45, 7) is 7.15. The van der Waals surface area contributed by atoms with Crippen molar-refractivity contribution >= 4 is 50.2 Å². The molecule has 3 fully saturated rings. The number of nitrogens with zero attached hydrogens (tertiary/aromatic N) is 6. The van der Waals surface area contributed by atoms with Gasteiger partial charge in [-0.3, -0.25) is 4.79 Å². The zero-order chi connectivity index (χ0) is 23.8. The number of fused-ring (bicyclic) bond motifs is 1. The van der Waals surface area contributed by atoms with E-state index in [1.165, 1.54) is 25.7 Å². The van der Waals surface area contributed by atoms with Crippen molar-refractivity contribution in [1.29, 1.82) is 0 Å². The number of piperazine rings is 1. The third-order valence-corrected chi connectivity index (χ3v) is 8.16. The Labute approximate surface area is 214 Å². The Morgan fingerprint density at radius 3 is 2.03 bits per heavy atom. The molecule has 1 amide bonds. The highest BCUT2D eigenvalue weighted by Gasteiger charge is 2.26. The third kappa shape index (κ3) is 4.56. The van der Waals surface area contributed by atoms with E-state index in [0.717, 1.165) is 77.7 Å². The number of hydrogen-bond acceptors (Lipinski definition) is 6. The first kappa shape index (κ1) is 22.6. The molecule has 7 nitrogen and oxygen atoms in total. The Morgan fingerprint density at radius 2 is 1.34 bits per heavy atom. The number of amides is 1. The fourth-order valence-electron chi connectivity index (χ4n) is 5.44. The van der Waals surface area contributed by atoms with Crippen molar-refractivity contribution in [2.24, 2.45) is 0 Å². The highest BCUT2D eigenvalue weighted by molar-refractivity contribution is 9.10. The number of carbonyl (C=O) groups excluding carboxylic acids is 1. The van der Waals surface area contributed by atoms with Crippen LogP contribution >= 0.6 is 15.9 Å². The van der Waals surface area contributed by atoms with E-state index in [4.69, 9.17) is 9.97 Å². The second-order valence-corrected chi connectivity index (χ2v) is 10.6. The lowest BCUT2D eigenvalue weighted by Crippen LogP contribution is -2.49. The molecule has 0 spiro atoms. The van der Waals surface area contributed by atoms with Crippen molar-refractivity contribution in [2.75, 3.05) is 67.1 Å². The van der Waals surface area contributed by atoms with E-state index in [9.17, 15) is 4.79 Å². The van der Waals surface area contributed by atoms with Crippen LogP contribution in [0.15, 0.2) is 46.9 Å². The maximum atomic E-state index is 13.3. The van der Waals surface area contributed by atoms with Gasteiger partial charge in [0.2, 0.25) is 5.95 Å². The van der Waals surface area contributed by atoms with Gasteiger partial charge < -0.3 is 19.6 Å². The fourth-order valence-corrected chi connectivity index (χ4v) is 5.95. The number of carbonyl (C=O) groups is 1. The van der Waals surface area contributed by atoms with Crippen LogP contribution in [-0.2, 0) is 0 Å². The van der Waals surface area contributed by atoms with Crippen molar-refractivity contribution in [1.82, 2.24) is 14.9 Å². The predicted octanol–water partition coefficient (Wildman–Crippen LogP) is 4.56. The Morgan fingerprint density at radius 1 is 0.714 bits per heavy atom. The highest BCUT2D eigenvalue weighted by Crippen LogP contribution is 2.29. The lowest BCUT2D eigenvalue weighted by molar-refractivity contribution is 0.0746. The number of anilines is 3. The van der Waals surface area contributed by atoms with Crippen molar-refractivity contribution < 1.29 is 4.79 Å². The molecular formula is C27H31BrN6O. The van der Waals surface area contributed by atoms with Crippen molar-refractivity contribution in [3.05, 3.63) is 52.5 Å². The Hall–Kier alpha value is -2.87. The molecule has 0 saturated carbocycles. The number of benzene rings is 2. The van der Waals surface area contributed by atoms with Gasteiger partial charge >= 0.3 is 0 Å². The Balaban J connectivity index is 1.19. The van der Waals surface area contributed by atoms with Crippen LogP contribution < -0.4 is 14.7 Å². The van der Waals surface area contributed by atoms with Crippen LogP contribution in [0.4, 0.5) is 17.6 Å². The molecule has 0 aliphatic carbocycles. The second kappa shape index (κ2) is 9.64. The smallest absolute Gasteiger partial charge is 0.253 e. The maximum Gasteiger partial charge on any atom is 0.253 e. The number of aromatic nitrogens is 2. The lowest BCUT2D eigenvalue weighted by atomic mass is 10.1. The number of rotatable bonds is 4. The summed E-state index contributed by atoms with van der Waals surface area (Å²) in [5, 5.41) is 2.20. The summed E-state index contributed by atoms with van der Waals surface area (Å²) in [6.07, 6.45) is 4.87. The topological polar surface area (TPSA) is 55.8 Å². The molecule has 35 heavy (non-hydrogen) atoms. The summed E-state index contributed by atoms with van der Waals surface area (Å²) in [7, 11) is 0. The van der Waals surface area contributed by atoms with Gasteiger partial charge in [0.25, 0.3) is 5.91 Å². The van der Waals surface area contributed by atoms with E-state index in [1.807, 2.05) is 35.2 Å². The summed E-state index contributed by atoms with van der Waals surface area (Å²) >= 11 is 3.60. The van der Waals surface area contributed by atoms with Crippen molar-refractivity contribution in [3.63, 3.8) is 0 Å². The summed E-state index contributed by atoms with van der Waals surface area (Å²) in [5.41, 5.74) is 0.749. The molecule has 2 aromatic carbocycles. The molecule has 0 unspecified atom stereocenters. The molecule has 3 aliphatic heterocycles. The van der Waals surface area contributed by atoms with Crippen molar-refractivity contribution in [3.8, 4) is 0 Å². The standard InChI is InChI=1S/C27H31BrN6O/c28-23-7-5-6-20-18-21(8-9-22(20)23)26(35)33-16-14-32(15-17-33)25-19-24(31-10-1-2-11-31)29-27(30-25)34-12-3-4-13-34/h5-9,18-19H,1-4,10-17H2. The van der Waals surface area contributed by atoms with Crippen LogP contribution in [0.25, 0.3) is 10.8 Å². The van der Waals surface area contributed by atoms with Gasteiger partial charge in [-0.25, -0.2) is 0 Å². The van der Waals surface area contributed by atoms with E-state index >= 15 is 0 Å². The van der Waals surface area contributed by atoms with E-state index < -0.39 is 0 Å². The average Bonchev–Trinajstić information content (AvgIpc) is 3.63. The van der Waals surface area contributed by atoms with Crippen LogP contribution in [0, 0.1) is 0 Å². The SMILES string of the molecule is O=C(c1ccc2c(Br)cccc2c1)N1CCN(c2cc(N3CCCC3)nc(N3CCCC3)n2)CC1. The fraction of sp³-hybridized carbons (Fsp3) is 0.444. The predicted molar refractivity (Wildman–Crippen MR) is 145 cm³/mol. The quantitative estimate of drug-likeness (QED) is 0.489. The zero-order valence-corrected chi connectivity index (χ0v) is 21.6. The van der Waals surface area contributed by atoms with Crippen LogP contribution in [0.1, 0.15) is 36.0 Å². The van der Waals surface area contributed by atoms with Crippen LogP contribution in [-0.4, -0.2) is 73.1 Å². The Kier molecular flexibility index (Phi) is 6.22. The number of hydrogen-bond donors (Lipinski definition) is 0. The third-order valence-electron chi connectivity index (χ3n) is 7.47. The van der Waals surface area contributed by atoms with Gasteiger partial charge in [0.1, 0.15) is 11.6 Å². The Bertz CT molecular complexity index is 1200. The molecule has 3 saturated heterocycles. The van der Waals surface area contributed by atoms with Gasteiger partial charge in [-0.15, -0.1) is 0 Å². The molecule has 182 valence electrons. The zero-order valence-electron chi connectivity index (χ0n) is 20.0. The average molecular weight is 535 g/mol. The molecular weight excluding hydrogens is 504 g/mol. The first-order valence-corrected chi connectivity index (χ1v) is 13.6. The minimum absolute atomic E-state index is 0.102. The summed E-state index contributed by atoms with van der Waals surface area (Å²) < 4.78 is 1.05. The normalized spacial score (nSPS) is 18.7. The van der Waals surface area contributed by atoms with Gasteiger partial charge in [0, 0.05) is 68.5 Å². The minimum Gasteiger partial charge on any atom is -0.356 e. The first-order valence-electron chi connectivity index (χ1n) is 12.8. The molecule has 3 aliphatic rings. The molecule has 3 aromatic rings. The molecule has 1 aromatic heterocycles. The molecule has 4 heterocycles. The minimum atomic E-state index is 0.102. The van der Waals surface area contributed by atoms with Gasteiger partial charge in [0.15, 0.2) is 0 Å². The first-order chi connectivity index (χ1) is 17.2. The van der Waals surface area contributed by atoms with Crippen LogP contribution in [0.3, 0.4) is 0 Å². The molecule has 0 N–H and O–H groups in total. The molecule has 0 radical (unpaired) electrons. The van der Waals surface area contributed by atoms with Gasteiger partial charge in [-0.2, -0.15) is 9.97 Å². The highest BCUT2D eigenvalue weighted by atomic mass is 79.9. The van der Waals surface area contributed by atoms with Crippen molar-refractivity contribution in [2.45, 2.75) is 25.7 Å². The summed E-state index contributed by atoms with van der Waals surface area (Å²) in [6, 6.07) is 14.2. The monoisotopic (exact) mass is 534 g/mol. The van der Waals surface area contributed by atoms with Gasteiger partial charge in [-0.05, 0) is 54.7 Å². The van der Waals surface area contributed by atoms with Gasteiger partial charge in [0.05, 0.1) is 0 Å². The largest absolute Gasteiger partial charge is 0.356 e. The van der Waals surface area contributed by atoms with E-state index in [1.54, 1.807) is 0 Å². The summed E-state index contributed by atoms with van der Waals surface area (Å²) in [4.78, 5) is 32.2. The number of halogens is 1. The van der Waals surface area contributed by atoms with E-state index in [-0.39, 0.29) is 5.91 Å². The second-order valence-electron chi connectivity index (χ2n) is 9.73. The molecule has 0 atom stereocenters. The molecule has 6 rings (SSSR count). The maximum absolute atomic E-state index is 13.3. The lowest BCUT2D eigenvalue weighted by Gasteiger charge is -2.36. The van der Waals surface area contributed by atoms with Crippen LogP contribution in [0.2, 0.25) is 0 Å². The molecule has 0 bridgehead atoms. The van der Waals surface area contributed by atoms with Crippen LogP contribution in [0.5, 0.6) is 0 Å². The molecule has 8 heteroatoms. The van der Waals surface area contributed by atoms with E-state index in [0.29, 0.717) is 13.1 Å². The van der Waals surface area contributed by atoms with E-state index in [2.05, 4.69) is 42.8 Å². The van der Waals surface area contributed by atoms with Gasteiger partial charge in [-0.1, -0.05) is 34.1 Å².